The summed E-state index contributed by atoms with van der Waals surface area (Å²) in [5.74, 6) is -0.957. The Kier molecular flexibility index (Phi) is 6.21. The van der Waals surface area contributed by atoms with Crippen LogP contribution in [0.25, 0.3) is 0 Å². The van der Waals surface area contributed by atoms with Crippen molar-refractivity contribution in [2.45, 2.75) is 33.4 Å². The number of anilines is 1. The monoisotopic (exact) mass is 416 g/mol. The first-order chi connectivity index (χ1) is 13.4. The van der Waals surface area contributed by atoms with E-state index in [2.05, 4.69) is 16.0 Å². The molecule has 3 rings (SSSR count). The van der Waals surface area contributed by atoms with Crippen LogP contribution in [-0.2, 0) is 16.1 Å². The second kappa shape index (κ2) is 8.63. The van der Waals surface area contributed by atoms with Gasteiger partial charge in [-0.15, -0.1) is 11.3 Å². The lowest BCUT2D eigenvalue weighted by Crippen LogP contribution is -2.30. The Bertz CT molecular complexity index is 995. The molecule has 1 aromatic carbocycles. The van der Waals surface area contributed by atoms with E-state index < -0.39 is 18.0 Å². The summed E-state index contributed by atoms with van der Waals surface area (Å²) in [6.07, 6.45) is -0.955. The number of aromatic nitrogens is 1. The van der Waals surface area contributed by atoms with Crippen LogP contribution in [0.2, 0.25) is 5.02 Å². The summed E-state index contributed by atoms with van der Waals surface area (Å²) in [7, 11) is 0. The van der Waals surface area contributed by atoms with Crippen molar-refractivity contribution >= 4 is 40.5 Å². The summed E-state index contributed by atoms with van der Waals surface area (Å²) in [6.45, 7) is 6.07. The maximum Gasteiger partial charge on any atom is 0.340 e. The maximum atomic E-state index is 12.6. The van der Waals surface area contributed by atoms with Crippen molar-refractivity contribution in [1.29, 1.82) is 0 Å². The number of esters is 1. The maximum absolute atomic E-state index is 12.6. The van der Waals surface area contributed by atoms with Crippen LogP contribution in [0.1, 0.15) is 33.5 Å². The summed E-state index contributed by atoms with van der Waals surface area (Å²) in [6, 6.07) is 12.8. The fourth-order valence-electron chi connectivity index (χ4n) is 2.88. The predicted molar refractivity (Wildman–Crippen MR) is 112 cm³/mol. The van der Waals surface area contributed by atoms with Crippen LogP contribution in [-0.4, -0.2) is 22.5 Å². The smallest absolute Gasteiger partial charge is 0.340 e. The van der Waals surface area contributed by atoms with Gasteiger partial charge in [0.25, 0.3) is 5.91 Å². The molecule has 0 aliphatic rings. The van der Waals surface area contributed by atoms with Crippen LogP contribution >= 0.6 is 22.9 Å². The number of nitrogens with one attached hydrogen (secondary N) is 1. The van der Waals surface area contributed by atoms with E-state index in [1.165, 1.54) is 11.8 Å². The minimum atomic E-state index is -0.955. The number of para-hydroxylation sites is 1. The Hall–Kier alpha value is -2.57. The Labute approximate surface area is 172 Å². The lowest BCUT2D eigenvalue weighted by atomic mass is 10.2. The van der Waals surface area contributed by atoms with Crippen molar-refractivity contribution in [3.05, 3.63) is 74.7 Å². The van der Waals surface area contributed by atoms with Crippen molar-refractivity contribution < 1.29 is 14.3 Å². The summed E-state index contributed by atoms with van der Waals surface area (Å²) in [5.41, 5.74) is 2.72. The molecule has 0 radical (unpaired) electrons. The van der Waals surface area contributed by atoms with E-state index in [1.54, 1.807) is 41.7 Å². The second-order valence-corrected chi connectivity index (χ2v) is 7.91. The molecule has 2 aromatic heterocycles. The Morgan fingerprint density at radius 2 is 1.96 bits per heavy atom. The molecule has 0 fully saturated rings. The van der Waals surface area contributed by atoms with Crippen LogP contribution in [0.15, 0.2) is 47.8 Å². The Morgan fingerprint density at radius 1 is 1.21 bits per heavy atom. The number of carbonyl (C=O) groups is 2. The molecule has 0 bridgehead atoms. The topological polar surface area (TPSA) is 60.3 Å². The molecule has 2 heterocycles. The molecule has 5 nitrogen and oxygen atoms in total. The zero-order valence-electron chi connectivity index (χ0n) is 15.9. The third kappa shape index (κ3) is 4.46. The fraction of sp³-hybridized carbons (Fsp3) is 0.238. The Morgan fingerprint density at radius 3 is 2.64 bits per heavy atom. The first kappa shape index (κ1) is 20.2. The van der Waals surface area contributed by atoms with E-state index in [0.717, 1.165) is 11.4 Å². The van der Waals surface area contributed by atoms with Gasteiger partial charge in [0, 0.05) is 16.3 Å². The van der Waals surface area contributed by atoms with Gasteiger partial charge in [-0.25, -0.2) is 4.79 Å². The molecule has 7 heteroatoms. The van der Waals surface area contributed by atoms with Gasteiger partial charge in [0.05, 0.1) is 22.8 Å². The van der Waals surface area contributed by atoms with Gasteiger partial charge in [-0.2, -0.15) is 0 Å². The van der Waals surface area contributed by atoms with Gasteiger partial charge in [-0.05, 0) is 50.4 Å². The number of hydrogen-bond donors (Lipinski definition) is 1. The van der Waals surface area contributed by atoms with Crippen molar-refractivity contribution in [3.8, 4) is 0 Å². The highest BCUT2D eigenvalue weighted by molar-refractivity contribution is 7.09. The van der Waals surface area contributed by atoms with Crippen LogP contribution in [0.4, 0.5) is 5.69 Å². The number of hydrogen-bond acceptors (Lipinski definition) is 4. The van der Waals surface area contributed by atoms with Gasteiger partial charge >= 0.3 is 5.97 Å². The predicted octanol–water partition coefficient (Wildman–Crippen LogP) is 5.05. The number of benzene rings is 1. The van der Waals surface area contributed by atoms with Gasteiger partial charge in [0.2, 0.25) is 0 Å². The van der Waals surface area contributed by atoms with Crippen molar-refractivity contribution in [1.82, 2.24) is 4.57 Å². The van der Waals surface area contributed by atoms with Crippen LogP contribution in [0, 0.1) is 13.8 Å². The van der Waals surface area contributed by atoms with E-state index in [1.807, 2.05) is 25.3 Å². The van der Waals surface area contributed by atoms with Gasteiger partial charge < -0.3 is 14.6 Å². The second-order valence-electron chi connectivity index (χ2n) is 6.47. The molecule has 3 aromatic rings. The normalized spacial score (nSPS) is 11.9. The third-order valence-electron chi connectivity index (χ3n) is 4.47. The van der Waals surface area contributed by atoms with Gasteiger partial charge in [-0.1, -0.05) is 29.8 Å². The molecule has 0 saturated heterocycles. The number of aryl methyl sites for hydroxylation is 1. The number of carbonyl (C=O) groups excluding carboxylic acids is 2. The highest BCUT2D eigenvalue weighted by Crippen LogP contribution is 2.22. The summed E-state index contributed by atoms with van der Waals surface area (Å²) in [4.78, 5) is 26.2. The van der Waals surface area contributed by atoms with Gasteiger partial charge in [0.15, 0.2) is 6.10 Å². The standard InChI is InChI=1S/C21H21ClN2O3S/c1-13-11-17(14(2)24(13)12-16-7-6-10-28-16)21(26)27-15(3)20(25)23-19-9-5-4-8-18(19)22/h4-11,15H,12H2,1-3H3,(H,23,25)/t15-/m0/s1. The van der Waals surface area contributed by atoms with E-state index in [0.29, 0.717) is 22.8 Å². The largest absolute Gasteiger partial charge is 0.449 e. The Balaban J connectivity index is 1.69. The number of rotatable bonds is 6. The zero-order chi connectivity index (χ0) is 20.3. The van der Waals surface area contributed by atoms with Crippen molar-refractivity contribution in [2.75, 3.05) is 5.32 Å². The number of ether oxygens (including phenoxy) is 1. The molecule has 0 unspecified atom stereocenters. The minimum absolute atomic E-state index is 0.423. The number of nitrogens with zero attached hydrogens (tertiary/aromatic N) is 1. The fourth-order valence-corrected chi connectivity index (χ4v) is 3.76. The lowest BCUT2D eigenvalue weighted by Gasteiger charge is -2.14. The average molecular weight is 417 g/mol. The highest BCUT2D eigenvalue weighted by atomic mass is 35.5. The van der Waals surface area contributed by atoms with Crippen LogP contribution < -0.4 is 5.32 Å². The number of thiophene rings is 1. The van der Waals surface area contributed by atoms with E-state index in [9.17, 15) is 9.59 Å². The summed E-state index contributed by atoms with van der Waals surface area (Å²) >= 11 is 7.72. The first-order valence-corrected chi connectivity index (χ1v) is 10.1. The third-order valence-corrected chi connectivity index (χ3v) is 5.66. The molecular weight excluding hydrogens is 396 g/mol. The van der Waals surface area contributed by atoms with E-state index >= 15 is 0 Å². The molecule has 146 valence electrons. The molecule has 0 aliphatic carbocycles. The molecule has 0 aliphatic heterocycles. The average Bonchev–Trinajstić information content (AvgIpc) is 3.27. The summed E-state index contributed by atoms with van der Waals surface area (Å²) < 4.78 is 7.46. The SMILES string of the molecule is Cc1cc(C(=O)O[C@@H](C)C(=O)Nc2ccccc2Cl)c(C)n1Cc1cccs1. The first-order valence-electron chi connectivity index (χ1n) is 8.82. The van der Waals surface area contributed by atoms with Crippen LogP contribution in [0.3, 0.4) is 0 Å². The van der Waals surface area contributed by atoms with Crippen molar-refractivity contribution in [3.63, 3.8) is 0 Å². The van der Waals surface area contributed by atoms with Crippen LogP contribution in [0.5, 0.6) is 0 Å². The molecular formula is C21H21ClN2O3S. The number of amides is 1. The van der Waals surface area contributed by atoms with E-state index in [4.69, 9.17) is 16.3 Å². The van der Waals surface area contributed by atoms with Gasteiger partial charge in [0.1, 0.15) is 0 Å². The molecule has 0 spiro atoms. The molecule has 1 atom stereocenters. The van der Waals surface area contributed by atoms with E-state index in [-0.39, 0.29) is 0 Å². The molecule has 0 saturated carbocycles. The zero-order valence-corrected chi connectivity index (χ0v) is 17.4. The molecule has 1 amide bonds. The summed E-state index contributed by atoms with van der Waals surface area (Å²) in [5, 5.41) is 5.12. The van der Waals surface area contributed by atoms with Crippen molar-refractivity contribution in [2.24, 2.45) is 0 Å². The van der Waals surface area contributed by atoms with Gasteiger partial charge in [-0.3, -0.25) is 4.79 Å². The number of halogens is 1. The highest BCUT2D eigenvalue weighted by Gasteiger charge is 2.23. The minimum Gasteiger partial charge on any atom is -0.449 e. The molecule has 28 heavy (non-hydrogen) atoms. The lowest BCUT2D eigenvalue weighted by molar-refractivity contribution is -0.123. The quantitative estimate of drug-likeness (QED) is 0.572. The molecule has 1 N–H and O–H groups in total.